The maximum atomic E-state index is 13.7. The summed E-state index contributed by atoms with van der Waals surface area (Å²) in [7, 11) is 7.32. The summed E-state index contributed by atoms with van der Waals surface area (Å²) in [5.41, 5.74) is 12.2. The van der Waals surface area contributed by atoms with Crippen LogP contribution in [0, 0.1) is 11.8 Å². The molecule has 0 unspecified atom stereocenters. The number of thiophene rings is 2. The first-order valence-corrected chi connectivity index (χ1v) is 27.5. The molecule has 2 saturated carbocycles. The first kappa shape index (κ1) is 48.9. The van der Waals surface area contributed by atoms with Gasteiger partial charge in [0.05, 0.1) is 36.6 Å². The second kappa shape index (κ2) is 19.5. The molecule has 2 aliphatic carbocycles. The number of fused-ring (bicyclic) bond motifs is 4. The minimum atomic E-state index is -0.572. The molecular weight excluding hydrogens is 961 g/mol. The standard InChI is InChI=1S/C30H37N5O4S.C25H29N5O2S/c1-30(2,3)39-29(37)31-21-7-6-11-34(17-21)27(36)20-13-22-25(24(15-20)38-5)33(4)26(32-22)23-14-19-10-12-40-28(19)35(23)16-18-8-9-18;1-28-22-19(10-17(12-21(22)32-2)24(31)29-8-3-4-18(26)14-29)27-23(28)20-11-16-7-9-33-25(16)30(20)13-15-5-6-15/h10,12-15,18,21H,6-9,11,16-17H2,1-5H3,(H,31,37);7,9-12,15,18H,3-6,8,13-14,26H2,1-2H3/t21-;18-/m11/s1. The van der Waals surface area contributed by atoms with Gasteiger partial charge in [-0.05, 0) is 143 Å². The van der Waals surface area contributed by atoms with Gasteiger partial charge < -0.3 is 53.3 Å². The third kappa shape index (κ3) is 9.80. The van der Waals surface area contributed by atoms with Gasteiger partial charge in [-0.2, -0.15) is 0 Å². The van der Waals surface area contributed by atoms with Gasteiger partial charge in [-0.25, -0.2) is 14.8 Å². The molecule has 73 heavy (non-hydrogen) atoms. The van der Waals surface area contributed by atoms with Crippen LogP contribution in [-0.4, -0.2) is 114 Å². The summed E-state index contributed by atoms with van der Waals surface area (Å²) >= 11 is 3.55. The number of amides is 3. The number of alkyl carbamates (subject to hydrolysis) is 1. The molecule has 18 heteroatoms. The maximum Gasteiger partial charge on any atom is 0.407 e. The van der Waals surface area contributed by atoms with Crippen molar-refractivity contribution in [3.8, 4) is 34.5 Å². The molecule has 6 aromatic heterocycles. The highest BCUT2D eigenvalue weighted by Crippen LogP contribution is 2.41. The number of aromatic nitrogens is 6. The summed E-state index contributed by atoms with van der Waals surface area (Å²) in [6.07, 6.45) is 8.19. The molecule has 3 N–H and O–H groups in total. The number of imidazole rings is 2. The fourth-order valence-corrected chi connectivity index (χ4v) is 12.6. The molecule has 8 aromatic rings. The topological polar surface area (TPSA) is 169 Å². The Morgan fingerprint density at radius 2 is 1.16 bits per heavy atom. The number of hydrogen-bond acceptors (Lipinski definition) is 11. The number of nitrogens with one attached hydrogen (secondary N) is 1. The third-order valence-electron chi connectivity index (χ3n) is 14.7. The predicted octanol–water partition coefficient (Wildman–Crippen LogP) is 10.0. The lowest BCUT2D eigenvalue weighted by Crippen LogP contribution is -2.50. The van der Waals surface area contributed by atoms with E-state index in [0.717, 1.165) is 102 Å². The van der Waals surface area contributed by atoms with Gasteiger partial charge in [0.2, 0.25) is 0 Å². The second-order valence-corrected chi connectivity index (χ2v) is 23.3. The third-order valence-corrected chi connectivity index (χ3v) is 16.6. The molecule has 2 aromatic carbocycles. The van der Waals surface area contributed by atoms with Gasteiger partial charge in [0.25, 0.3) is 11.8 Å². The molecule has 4 aliphatic rings. The molecular formula is C55H66N10O6S2. The van der Waals surface area contributed by atoms with E-state index in [1.165, 1.54) is 46.1 Å². The predicted molar refractivity (Wildman–Crippen MR) is 289 cm³/mol. The van der Waals surface area contributed by atoms with Crippen molar-refractivity contribution in [2.45, 2.75) is 103 Å². The van der Waals surface area contributed by atoms with Crippen LogP contribution in [0.1, 0.15) is 92.9 Å². The second-order valence-electron chi connectivity index (χ2n) is 21.5. The van der Waals surface area contributed by atoms with Crippen molar-refractivity contribution < 1.29 is 28.6 Å². The van der Waals surface area contributed by atoms with Crippen molar-refractivity contribution >= 4 is 83.1 Å². The summed E-state index contributed by atoms with van der Waals surface area (Å²) in [5.74, 6) is 4.42. The van der Waals surface area contributed by atoms with Gasteiger partial charge in [-0.15, -0.1) is 22.7 Å². The molecule has 0 radical (unpaired) electrons. The smallest absolute Gasteiger partial charge is 0.407 e. The molecule has 8 heterocycles. The van der Waals surface area contributed by atoms with Gasteiger partial charge in [0, 0.05) is 87.3 Å². The number of piperidine rings is 2. The van der Waals surface area contributed by atoms with E-state index >= 15 is 0 Å². The minimum Gasteiger partial charge on any atom is -0.494 e. The van der Waals surface area contributed by atoms with E-state index in [4.69, 9.17) is 29.9 Å². The summed E-state index contributed by atoms with van der Waals surface area (Å²) in [4.78, 5) is 55.6. The SMILES string of the molecule is COc1cc(C(=O)N2CCC[C@@H](N)C2)cc2nc(-c3cc4ccsc4n3CC3CC3)n(C)c12.COc1cc(C(=O)N2CCC[C@@H](NC(=O)OC(C)(C)C)C2)cc2nc(-c3cc4ccsc4n3CC3CC3)n(C)c12. The molecule has 2 saturated heterocycles. The molecule has 3 amide bonds. The Kier molecular flexibility index (Phi) is 13.0. The number of hydrogen-bond donors (Lipinski definition) is 2. The zero-order valence-electron chi connectivity index (χ0n) is 42.9. The van der Waals surface area contributed by atoms with Crippen LogP contribution in [0.15, 0.2) is 59.3 Å². The Morgan fingerprint density at radius 3 is 1.62 bits per heavy atom. The quantitative estimate of drug-likeness (QED) is 0.128. The monoisotopic (exact) mass is 1030 g/mol. The molecule has 2 aliphatic heterocycles. The summed E-state index contributed by atoms with van der Waals surface area (Å²) in [5, 5.41) is 9.71. The Bertz CT molecular complexity index is 3400. The molecule has 4 fully saturated rings. The molecule has 0 bridgehead atoms. The van der Waals surface area contributed by atoms with Crippen LogP contribution in [0.2, 0.25) is 0 Å². The van der Waals surface area contributed by atoms with Crippen LogP contribution in [0.3, 0.4) is 0 Å². The highest BCUT2D eigenvalue weighted by molar-refractivity contribution is 7.17. The van der Waals surface area contributed by atoms with Crippen LogP contribution >= 0.6 is 22.7 Å². The van der Waals surface area contributed by atoms with E-state index in [9.17, 15) is 14.4 Å². The largest absolute Gasteiger partial charge is 0.494 e. The lowest BCUT2D eigenvalue weighted by molar-refractivity contribution is 0.0452. The minimum absolute atomic E-state index is 0.00447. The van der Waals surface area contributed by atoms with E-state index in [1.54, 1.807) is 41.8 Å². The molecule has 384 valence electrons. The van der Waals surface area contributed by atoms with Crippen LogP contribution in [0.5, 0.6) is 11.5 Å². The molecule has 2 atom stereocenters. The first-order chi connectivity index (χ1) is 35.1. The molecule has 0 spiro atoms. The van der Waals surface area contributed by atoms with E-state index in [2.05, 4.69) is 58.6 Å². The number of nitrogens with zero attached hydrogens (tertiary/aromatic N) is 8. The molecule has 12 rings (SSSR count). The normalized spacial score (nSPS) is 18.4. The maximum absolute atomic E-state index is 13.7. The lowest BCUT2D eigenvalue weighted by atomic mass is 10.0. The number of rotatable bonds is 11. The first-order valence-electron chi connectivity index (χ1n) is 25.7. The fraction of sp³-hybridized carbons (Fsp3) is 0.473. The Morgan fingerprint density at radius 1 is 0.685 bits per heavy atom. The Labute approximate surface area is 433 Å². The van der Waals surface area contributed by atoms with Crippen molar-refractivity contribution in [1.29, 1.82) is 0 Å². The van der Waals surface area contributed by atoms with Crippen LogP contribution in [0.25, 0.3) is 65.5 Å². The van der Waals surface area contributed by atoms with Gasteiger partial charge >= 0.3 is 6.09 Å². The number of ether oxygens (including phenoxy) is 3. The summed E-state index contributed by atoms with van der Waals surface area (Å²) in [6.45, 7) is 9.93. The van der Waals surface area contributed by atoms with Crippen molar-refractivity contribution in [2.24, 2.45) is 31.7 Å². The van der Waals surface area contributed by atoms with Crippen LogP contribution < -0.4 is 20.5 Å². The van der Waals surface area contributed by atoms with E-state index in [1.807, 2.05) is 64.0 Å². The Balaban J connectivity index is 0.000000160. The van der Waals surface area contributed by atoms with Crippen LogP contribution in [-0.2, 0) is 31.9 Å². The van der Waals surface area contributed by atoms with Crippen molar-refractivity contribution in [3.63, 3.8) is 0 Å². The summed E-state index contributed by atoms with van der Waals surface area (Å²) in [6, 6.07) is 16.1. The lowest BCUT2D eigenvalue weighted by Gasteiger charge is -2.33. The van der Waals surface area contributed by atoms with Gasteiger partial charge in [-0.1, -0.05) is 0 Å². The van der Waals surface area contributed by atoms with Crippen molar-refractivity contribution in [3.05, 3.63) is 70.4 Å². The number of likely N-dealkylation sites (tertiary alicyclic amines) is 2. The average molecular weight is 1030 g/mol. The number of methoxy groups -OCH3 is 2. The number of benzene rings is 2. The zero-order valence-corrected chi connectivity index (χ0v) is 44.5. The van der Waals surface area contributed by atoms with Gasteiger partial charge in [0.15, 0.2) is 11.6 Å². The zero-order chi connectivity index (χ0) is 50.9. The van der Waals surface area contributed by atoms with Crippen LogP contribution in [0.4, 0.5) is 4.79 Å². The van der Waals surface area contributed by atoms with E-state index in [-0.39, 0.29) is 23.9 Å². The van der Waals surface area contributed by atoms with Gasteiger partial charge in [-0.3, -0.25) is 9.59 Å². The molecule has 16 nitrogen and oxygen atoms in total. The summed E-state index contributed by atoms with van der Waals surface area (Å²) < 4.78 is 26.0. The van der Waals surface area contributed by atoms with Crippen molar-refractivity contribution in [2.75, 3.05) is 40.4 Å². The highest BCUT2D eigenvalue weighted by Gasteiger charge is 2.32. The Hall–Kier alpha value is -6.37. The number of carbonyl (C=O) groups is 3. The average Bonchev–Trinajstić information content (AvgIpc) is 4.03. The number of aryl methyl sites for hydroxylation is 2. The van der Waals surface area contributed by atoms with Gasteiger partial charge in [0.1, 0.15) is 37.8 Å². The number of nitrogens with two attached hydrogens (primary N) is 1. The van der Waals surface area contributed by atoms with Crippen molar-refractivity contribution in [1.82, 2.24) is 43.4 Å². The highest BCUT2D eigenvalue weighted by atomic mass is 32.1. The fourth-order valence-electron chi connectivity index (χ4n) is 10.8. The number of carbonyl (C=O) groups excluding carboxylic acids is 3. The van der Waals surface area contributed by atoms with E-state index in [0.29, 0.717) is 42.3 Å². The van der Waals surface area contributed by atoms with E-state index < -0.39 is 11.7 Å².